The second kappa shape index (κ2) is 5.37. The van der Waals surface area contributed by atoms with Crippen LogP contribution in [0.5, 0.6) is 11.5 Å². The molecule has 0 saturated heterocycles. The lowest BCUT2D eigenvalue weighted by Gasteiger charge is -2.16. The molecule has 0 bridgehead atoms. The van der Waals surface area contributed by atoms with Gasteiger partial charge in [-0.2, -0.15) is 0 Å². The molecule has 1 unspecified atom stereocenters. The van der Waals surface area contributed by atoms with Gasteiger partial charge in [-0.1, -0.05) is 22.0 Å². The molecule has 0 spiro atoms. The second-order valence-electron chi connectivity index (χ2n) is 4.97. The molecule has 0 radical (unpaired) electrons. The maximum Gasteiger partial charge on any atom is 0.160 e. The summed E-state index contributed by atoms with van der Waals surface area (Å²) in [5, 5.41) is 13.3. The van der Waals surface area contributed by atoms with Gasteiger partial charge in [-0.25, -0.2) is 0 Å². The number of halogens is 1. The molecule has 1 atom stereocenters. The molecule has 2 N–H and O–H groups in total. The number of hydrogen-bond donors (Lipinski definition) is 2. The van der Waals surface area contributed by atoms with Crippen molar-refractivity contribution in [3.63, 3.8) is 0 Å². The maximum absolute atomic E-state index is 9.83. The molecule has 4 heteroatoms. The smallest absolute Gasteiger partial charge is 0.160 e. The van der Waals surface area contributed by atoms with Gasteiger partial charge in [0.1, 0.15) is 0 Å². The number of fused-ring (bicyclic) bond motifs is 1. The van der Waals surface area contributed by atoms with E-state index in [1.54, 1.807) is 19.2 Å². The fraction of sp³-hybridized carbons (Fsp3) is 0.250. The van der Waals surface area contributed by atoms with Crippen molar-refractivity contribution < 1.29 is 9.84 Å². The van der Waals surface area contributed by atoms with Gasteiger partial charge in [0.15, 0.2) is 11.5 Å². The molecule has 3 rings (SSSR count). The van der Waals surface area contributed by atoms with Crippen LogP contribution in [0.1, 0.15) is 23.6 Å². The van der Waals surface area contributed by atoms with E-state index < -0.39 is 0 Å². The van der Waals surface area contributed by atoms with E-state index in [1.165, 1.54) is 11.1 Å². The zero-order chi connectivity index (χ0) is 14.1. The van der Waals surface area contributed by atoms with Crippen LogP contribution >= 0.6 is 15.9 Å². The molecule has 2 aromatic carbocycles. The number of nitrogens with one attached hydrogen (secondary N) is 1. The molecule has 104 valence electrons. The Labute approximate surface area is 126 Å². The van der Waals surface area contributed by atoms with E-state index in [-0.39, 0.29) is 5.75 Å². The second-order valence-corrected chi connectivity index (χ2v) is 5.88. The largest absolute Gasteiger partial charge is 0.504 e. The van der Waals surface area contributed by atoms with E-state index in [4.69, 9.17) is 4.74 Å². The Kier molecular flexibility index (Phi) is 3.57. The number of ether oxygens (including phenoxy) is 1. The fourth-order valence-electron chi connectivity index (χ4n) is 2.72. The standard InChI is InChI=1S/C16H16BrNO2/c1-20-16-7-4-12(9-15(16)19)18-14-6-2-10-8-11(17)3-5-13(10)14/h3-5,7-9,14,18-19H,2,6H2,1H3. The summed E-state index contributed by atoms with van der Waals surface area (Å²) in [5.74, 6) is 0.651. The molecule has 0 aliphatic heterocycles. The number of aryl methyl sites for hydroxylation is 1. The molecule has 20 heavy (non-hydrogen) atoms. The lowest BCUT2D eigenvalue weighted by molar-refractivity contribution is 0.373. The Balaban J connectivity index is 1.82. The number of hydrogen-bond acceptors (Lipinski definition) is 3. The first-order chi connectivity index (χ1) is 9.67. The van der Waals surface area contributed by atoms with Crippen LogP contribution in [-0.4, -0.2) is 12.2 Å². The molecule has 1 aliphatic carbocycles. The SMILES string of the molecule is COc1ccc(NC2CCc3cc(Br)ccc32)cc1O. The molecule has 0 fully saturated rings. The van der Waals surface area contributed by atoms with Gasteiger partial charge in [0.25, 0.3) is 0 Å². The Hall–Kier alpha value is -1.68. The maximum atomic E-state index is 9.83. The Morgan fingerprint density at radius 3 is 2.85 bits per heavy atom. The summed E-state index contributed by atoms with van der Waals surface area (Å²) < 4.78 is 6.18. The zero-order valence-corrected chi connectivity index (χ0v) is 12.8. The Morgan fingerprint density at radius 1 is 1.25 bits per heavy atom. The van der Waals surface area contributed by atoms with Crippen LogP contribution in [0.2, 0.25) is 0 Å². The van der Waals surface area contributed by atoms with Crippen molar-refractivity contribution in [2.45, 2.75) is 18.9 Å². The van der Waals surface area contributed by atoms with E-state index in [9.17, 15) is 5.11 Å². The average Bonchev–Trinajstić information content (AvgIpc) is 2.81. The summed E-state index contributed by atoms with van der Waals surface area (Å²) in [4.78, 5) is 0. The summed E-state index contributed by atoms with van der Waals surface area (Å²) in [6.07, 6.45) is 2.15. The number of benzene rings is 2. The zero-order valence-electron chi connectivity index (χ0n) is 11.2. The van der Waals surface area contributed by atoms with Crippen LogP contribution in [0, 0.1) is 0 Å². The molecule has 0 saturated carbocycles. The Bertz CT molecular complexity index is 642. The topological polar surface area (TPSA) is 41.5 Å². The van der Waals surface area contributed by atoms with E-state index in [0.717, 1.165) is 23.0 Å². The normalized spacial score (nSPS) is 16.8. The highest BCUT2D eigenvalue weighted by molar-refractivity contribution is 9.10. The van der Waals surface area contributed by atoms with E-state index in [0.29, 0.717) is 11.8 Å². The summed E-state index contributed by atoms with van der Waals surface area (Å²) in [5.41, 5.74) is 3.63. The molecule has 3 nitrogen and oxygen atoms in total. The Morgan fingerprint density at radius 2 is 2.10 bits per heavy atom. The van der Waals surface area contributed by atoms with Crippen molar-refractivity contribution in [2.24, 2.45) is 0 Å². The highest BCUT2D eigenvalue weighted by Crippen LogP contribution is 2.37. The van der Waals surface area contributed by atoms with Crippen LogP contribution in [0.25, 0.3) is 0 Å². The molecule has 1 aliphatic rings. The van der Waals surface area contributed by atoms with Gasteiger partial charge in [0.2, 0.25) is 0 Å². The minimum Gasteiger partial charge on any atom is -0.504 e. The van der Waals surface area contributed by atoms with Gasteiger partial charge in [-0.15, -0.1) is 0 Å². The lowest BCUT2D eigenvalue weighted by atomic mass is 10.1. The highest BCUT2D eigenvalue weighted by Gasteiger charge is 2.22. The highest BCUT2D eigenvalue weighted by atomic mass is 79.9. The average molecular weight is 334 g/mol. The summed E-state index contributed by atoms with van der Waals surface area (Å²) >= 11 is 3.51. The van der Waals surface area contributed by atoms with E-state index in [2.05, 4.69) is 39.4 Å². The third kappa shape index (κ3) is 2.48. The number of rotatable bonds is 3. The van der Waals surface area contributed by atoms with Gasteiger partial charge in [0.05, 0.1) is 13.2 Å². The molecule has 0 aromatic heterocycles. The first kappa shape index (κ1) is 13.3. The number of phenols is 1. The van der Waals surface area contributed by atoms with Crippen LogP contribution in [-0.2, 0) is 6.42 Å². The summed E-state index contributed by atoms with van der Waals surface area (Å²) in [7, 11) is 1.55. The minimum atomic E-state index is 0.159. The van der Waals surface area contributed by atoms with Crippen LogP contribution < -0.4 is 10.1 Å². The number of methoxy groups -OCH3 is 1. The first-order valence-electron chi connectivity index (χ1n) is 6.59. The first-order valence-corrected chi connectivity index (χ1v) is 7.38. The van der Waals surface area contributed by atoms with Crippen molar-refractivity contribution in [3.05, 3.63) is 52.0 Å². The minimum absolute atomic E-state index is 0.159. The van der Waals surface area contributed by atoms with Gasteiger partial charge in [-0.05, 0) is 48.2 Å². The predicted molar refractivity (Wildman–Crippen MR) is 83.5 cm³/mol. The van der Waals surface area contributed by atoms with Gasteiger partial charge < -0.3 is 15.2 Å². The molecule has 0 amide bonds. The van der Waals surface area contributed by atoms with Crippen LogP contribution in [0.4, 0.5) is 5.69 Å². The molecular weight excluding hydrogens is 318 g/mol. The third-order valence-corrected chi connectivity index (χ3v) is 4.20. The quantitative estimate of drug-likeness (QED) is 0.881. The molecule has 2 aromatic rings. The van der Waals surface area contributed by atoms with Crippen LogP contribution in [0.15, 0.2) is 40.9 Å². The van der Waals surface area contributed by atoms with Gasteiger partial charge >= 0.3 is 0 Å². The fourth-order valence-corrected chi connectivity index (χ4v) is 3.13. The third-order valence-electron chi connectivity index (χ3n) is 3.70. The monoisotopic (exact) mass is 333 g/mol. The van der Waals surface area contributed by atoms with Crippen molar-refractivity contribution in [1.29, 1.82) is 0 Å². The summed E-state index contributed by atoms with van der Waals surface area (Å²) in [6.45, 7) is 0. The van der Waals surface area contributed by atoms with E-state index >= 15 is 0 Å². The number of aromatic hydroxyl groups is 1. The number of phenolic OH excluding ortho intramolecular Hbond substituents is 1. The van der Waals surface area contributed by atoms with E-state index in [1.807, 2.05) is 6.07 Å². The van der Waals surface area contributed by atoms with Crippen molar-refractivity contribution in [1.82, 2.24) is 0 Å². The molecule has 0 heterocycles. The number of anilines is 1. The van der Waals surface area contributed by atoms with Gasteiger partial charge in [0, 0.05) is 16.2 Å². The van der Waals surface area contributed by atoms with Crippen molar-refractivity contribution >= 4 is 21.6 Å². The molecular formula is C16H16BrNO2. The predicted octanol–water partition coefficient (Wildman–Crippen LogP) is 4.26. The van der Waals surface area contributed by atoms with Crippen molar-refractivity contribution in [3.8, 4) is 11.5 Å². The summed E-state index contributed by atoms with van der Waals surface area (Å²) in [6, 6.07) is 12.1. The van der Waals surface area contributed by atoms with Gasteiger partial charge in [-0.3, -0.25) is 0 Å². The lowest BCUT2D eigenvalue weighted by Crippen LogP contribution is -2.06. The van der Waals surface area contributed by atoms with Crippen molar-refractivity contribution in [2.75, 3.05) is 12.4 Å². The van der Waals surface area contributed by atoms with Crippen LogP contribution in [0.3, 0.4) is 0 Å².